The van der Waals surface area contributed by atoms with Gasteiger partial charge in [-0.25, -0.2) is 9.79 Å². The van der Waals surface area contributed by atoms with Gasteiger partial charge in [0.15, 0.2) is 5.37 Å². The maximum atomic E-state index is 11.5. The number of carbonyl (C=O) groups excluding carboxylic acids is 1. The van der Waals surface area contributed by atoms with E-state index >= 15 is 0 Å². The van der Waals surface area contributed by atoms with E-state index in [1.807, 2.05) is 6.92 Å². The van der Waals surface area contributed by atoms with Crippen LogP contribution in [-0.4, -0.2) is 48.2 Å². The summed E-state index contributed by atoms with van der Waals surface area (Å²) in [5, 5.41) is 14.3. The van der Waals surface area contributed by atoms with Crippen molar-refractivity contribution in [1.29, 1.82) is 0 Å². The Morgan fingerprint density at radius 2 is 2.15 bits per heavy atom. The fourth-order valence-electron chi connectivity index (χ4n) is 1.70. The van der Waals surface area contributed by atoms with Gasteiger partial charge in [-0.2, -0.15) is 8.42 Å². The largest absolute Gasteiger partial charge is 0.453 e. The Morgan fingerprint density at radius 1 is 1.48 bits per heavy atom. The Hall–Kier alpha value is -2.38. The number of nitrogens with one attached hydrogen (secondary N) is 2. The van der Waals surface area contributed by atoms with Crippen LogP contribution in [-0.2, 0) is 14.9 Å². The lowest BCUT2D eigenvalue weighted by atomic mass is 10.2. The second-order valence-electron chi connectivity index (χ2n) is 5.12. The lowest BCUT2D eigenvalue weighted by Gasteiger charge is -2.13. The van der Waals surface area contributed by atoms with Crippen LogP contribution in [0.4, 0.5) is 16.2 Å². The molecule has 0 bridgehead atoms. The zero-order valence-corrected chi connectivity index (χ0v) is 16.5. The molecule has 1 atom stereocenters. The fraction of sp³-hybridized carbons (Fsp3) is 0.429. The molecule has 1 rings (SSSR count). The first-order chi connectivity index (χ1) is 12.6. The number of hydrogen-bond acceptors (Lipinski definition) is 8. The van der Waals surface area contributed by atoms with Gasteiger partial charge in [0.2, 0.25) is 5.96 Å². The van der Waals surface area contributed by atoms with Gasteiger partial charge in [-0.15, -0.1) is 11.8 Å². The molecule has 1 aromatic carbocycles. The van der Waals surface area contributed by atoms with Gasteiger partial charge in [-0.3, -0.25) is 20.0 Å². The zero-order valence-electron chi connectivity index (χ0n) is 14.8. The van der Waals surface area contributed by atoms with Gasteiger partial charge in [0, 0.05) is 11.0 Å². The Morgan fingerprint density at radius 3 is 2.67 bits per heavy atom. The molecule has 0 aliphatic carbocycles. The third kappa shape index (κ3) is 7.40. The number of amides is 1. The molecule has 3 N–H and O–H groups in total. The quantitative estimate of drug-likeness (QED) is 0.150. The van der Waals surface area contributed by atoms with Crippen LogP contribution in [0.25, 0.3) is 0 Å². The van der Waals surface area contributed by atoms with Gasteiger partial charge < -0.3 is 10.1 Å². The summed E-state index contributed by atoms with van der Waals surface area (Å²) < 4.78 is 35.9. The first-order valence-electron chi connectivity index (χ1n) is 7.65. The number of nitro benzene ring substituents is 1. The van der Waals surface area contributed by atoms with Crippen molar-refractivity contribution < 1.29 is 27.4 Å². The smallest absolute Gasteiger partial charge is 0.413 e. The summed E-state index contributed by atoms with van der Waals surface area (Å²) in [5.41, 5.74) is -0.325. The van der Waals surface area contributed by atoms with Gasteiger partial charge in [-0.05, 0) is 31.2 Å². The molecule has 1 amide bonds. The van der Waals surface area contributed by atoms with E-state index in [1.54, 1.807) is 6.07 Å². The first kappa shape index (κ1) is 22.7. The second kappa shape index (κ2) is 10.1. The number of hydrogen-bond donors (Lipinski definition) is 3. The number of nitrogens with zero attached hydrogens (tertiary/aromatic N) is 2. The minimum absolute atomic E-state index is 0.0150. The van der Waals surface area contributed by atoms with Crippen LogP contribution in [0.1, 0.15) is 20.3 Å². The third-order valence-electron chi connectivity index (χ3n) is 3.04. The van der Waals surface area contributed by atoms with Crippen LogP contribution in [0.3, 0.4) is 0 Å². The van der Waals surface area contributed by atoms with E-state index in [9.17, 15) is 23.3 Å². The molecule has 0 fully saturated rings. The highest BCUT2D eigenvalue weighted by molar-refractivity contribution is 7.99. The van der Waals surface area contributed by atoms with E-state index < -0.39 is 32.5 Å². The fourth-order valence-corrected chi connectivity index (χ4v) is 2.75. The SMILES string of the molecule is CCCSc1ccc([N+](=O)[O-])c(NC(=NC(C)S(=O)(=O)O)NC(=O)OC)c1. The van der Waals surface area contributed by atoms with Gasteiger partial charge >= 0.3 is 6.09 Å². The van der Waals surface area contributed by atoms with Crippen molar-refractivity contribution in [3.8, 4) is 0 Å². The van der Waals surface area contributed by atoms with Crippen molar-refractivity contribution in [1.82, 2.24) is 5.32 Å². The van der Waals surface area contributed by atoms with Crippen molar-refractivity contribution >= 4 is 45.3 Å². The number of nitro groups is 1. The minimum Gasteiger partial charge on any atom is -0.453 e. The highest BCUT2D eigenvalue weighted by atomic mass is 32.2. The maximum Gasteiger partial charge on any atom is 0.413 e. The van der Waals surface area contributed by atoms with Crippen LogP contribution in [0, 0.1) is 10.1 Å². The molecule has 0 radical (unpaired) electrons. The average Bonchev–Trinajstić information content (AvgIpc) is 2.58. The molecular formula is C14H20N4O7S2. The van der Waals surface area contributed by atoms with Gasteiger partial charge in [-0.1, -0.05) is 6.92 Å². The number of alkyl carbamates (subject to hydrolysis) is 1. The topological polar surface area (TPSA) is 160 Å². The maximum absolute atomic E-state index is 11.5. The van der Waals surface area contributed by atoms with Crippen molar-refractivity contribution in [3.63, 3.8) is 0 Å². The average molecular weight is 420 g/mol. The Kier molecular flexibility index (Phi) is 8.46. The number of guanidine groups is 1. The molecule has 0 aromatic heterocycles. The molecular weight excluding hydrogens is 400 g/mol. The van der Waals surface area contributed by atoms with Crippen LogP contribution in [0.5, 0.6) is 0 Å². The van der Waals surface area contributed by atoms with Crippen LogP contribution < -0.4 is 10.6 Å². The lowest BCUT2D eigenvalue weighted by molar-refractivity contribution is -0.383. The number of methoxy groups -OCH3 is 1. The highest BCUT2D eigenvalue weighted by Crippen LogP contribution is 2.30. The molecule has 0 saturated heterocycles. The predicted molar refractivity (Wildman–Crippen MR) is 102 cm³/mol. The molecule has 13 heteroatoms. The summed E-state index contributed by atoms with van der Waals surface area (Å²) in [7, 11) is -3.46. The standard InChI is InChI=1S/C14H20N4O7S2/c1-4-7-26-10-5-6-12(18(20)21)11(8-10)16-13(17-14(19)25-3)15-9(2)27(22,23)24/h5-6,8-9H,4,7H2,1-3H3,(H,22,23,24)(H2,15,16,17,19). The lowest BCUT2D eigenvalue weighted by Crippen LogP contribution is -2.37. The Labute approximate surface area is 160 Å². The number of ether oxygens (including phenoxy) is 1. The van der Waals surface area contributed by atoms with E-state index in [-0.39, 0.29) is 11.4 Å². The molecule has 11 nitrogen and oxygen atoms in total. The molecule has 0 aliphatic rings. The number of benzene rings is 1. The molecule has 0 spiro atoms. The van der Waals surface area contributed by atoms with Crippen molar-refractivity contribution in [3.05, 3.63) is 28.3 Å². The summed E-state index contributed by atoms with van der Waals surface area (Å²) in [4.78, 5) is 26.5. The van der Waals surface area contributed by atoms with Gasteiger partial charge in [0.25, 0.3) is 15.8 Å². The van der Waals surface area contributed by atoms with Crippen molar-refractivity contribution in [2.75, 3.05) is 18.2 Å². The summed E-state index contributed by atoms with van der Waals surface area (Å²) >= 11 is 1.47. The number of rotatable bonds is 7. The van der Waals surface area contributed by atoms with Crippen LogP contribution >= 0.6 is 11.8 Å². The summed E-state index contributed by atoms with van der Waals surface area (Å²) in [6.45, 7) is 3.05. The van der Waals surface area contributed by atoms with E-state index in [4.69, 9.17) is 4.55 Å². The van der Waals surface area contributed by atoms with E-state index in [2.05, 4.69) is 20.4 Å². The normalized spacial score (nSPS) is 13.0. The van der Waals surface area contributed by atoms with Crippen LogP contribution in [0.2, 0.25) is 0 Å². The molecule has 0 heterocycles. The van der Waals surface area contributed by atoms with Gasteiger partial charge in [0.1, 0.15) is 5.69 Å². The monoisotopic (exact) mass is 420 g/mol. The minimum atomic E-state index is -4.54. The Balaban J connectivity index is 3.30. The van der Waals surface area contributed by atoms with Gasteiger partial charge in [0.05, 0.1) is 12.0 Å². The summed E-state index contributed by atoms with van der Waals surface area (Å²) in [6, 6.07) is 4.34. The second-order valence-corrected chi connectivity index (χ2v) is 8.00. The molecule has 27 heavy (non-hydrogen) atoms. The molecule has 150 valence electrons. The molecule has 1 aromatic rings. The van der Waals surface area contributed by atoms with E-state index in [0.29, 0.717) is 0 Å². The third-order valence-corrected chi connectivity index (χ3v) is 5.21. The number of anilines is 1. The van der Waals surface area contributed by atoms with E-state index in [1.165, 1.54) is 23.9 Å². The highest BCUT2D eigenvalue weighted by Gasteiger charge is 2.21. The summed E-state index contributed by atoms with van der Waals surface area (Å²) in [5.74, 6) is 0.353. The summed E-state index contributed by atoms with van der Waals surface area (Å²) in [6.07, 6.45) is -0.0876. The zero-order chi connectivity index (χ0) is 20.6. The van der Waals surface area contributed by atoms with Crippen molar-refractivity contribution in [2.24, 2.45) is 4.99 Å². The molecule has 0 aliphatic heterocycles. The molecule has 0 saturated carbocycles. The van der Waals surface area contributed by atoms with E-state index in [0.717, 1.165) is 31.1 Å². The Bertz CT molecular complexity index is 827. The molecule has 1 unspecified atom stereocenters. The first-order valence-corrected chi connectivity index (χ1v) is 10.1. The van der Waals surface area contributed by atoms with Crippen molar-refractivity contribution in [2.45, 2.75) is 30.5 Å². The van der Waals surface area contributed by atoms with Crippen LogP contribution in [0.15, 0.2) is 28.1 Å². The number of thioether (sulfide) groups is 1. The number of carbonyl (C=O) groups is 1. The predicted octanol–water partition coefficient (Wildman–Crippen LogP) is 2.45. The number of aliphatic imine (C=N–C) groups is 1.